The summed E-state index contributed by atoms with van der Waals surface area (Å²) >= 11 is 0. The number of ether oxygens (including phenoxy) is 1. The fraction of sp³-hybridized carbons (Fsp3) is 0.273. The zero-order chi connectivity index (χ0) is 12.6. The van der Waals surface area contributed by atoms with Crippen LogP contribution in [0.2, 0.25) is 0 Å². The lowest BCUT2D eigenvalue weighted by Gasteiger charge is -2.31. The van der Waals surface area contributed by atoms with Crippen molar-refractivity contribution in [2.75, 3.05) is 5.32 Å². The van der Waals surface area contributed by atoms with Crippen molar-refractivity contribution in [2.24, 2.45) is 0 Å². The van der Waals surface area contributed by atoms with E-state index in [0.717, 1.165) is 0 Å². The molecule has 2 rings (SSSR count). The summed E-state index contributed by atoms with van der Waals surface area (Å²) in [4.78, 5) is 21.9. The van der Waals surface area contributed by atoms with Crippen molar-refractivity contribution < 1.29 is 24.5 Å². The molecule has 0 aliphatic carbocycles. The van der Waals surface area contributed by atoms with Gasteiger partial charge in [0.25, 0.3) is 0 Å². The third kappa shape index (κ3) is 1.89. The van der Waals surface area contributed by atoms with E-state index in [9.17, 15) is 9.59 Å². The molecule has 2 unspecified atom stereocenters. The smallest absolute Gasteiger partial charge is 0.347 e. The number of rotatable bonds is 2. The Morgan fingerprint density at radius 3 is 2.65 bits per heavy atom. The van der Waals surface area contributed by atoms with E-state index < -0.39 is 24.1 Å². The van der Waals surface area contributed by atoms with Crippen molar-refractivity contribution in [1.82, 2.24) is 0 Å². The molecular formula is C11H11NO5. The van der Waals surface area contributed by atoms with Crippen LogP contribution >= 0.6 is 0 Å². The van der Waals surface area contributed by atoms with Crippen LogP contribution in [-0.4, -0.2) is 34.3 Å². The number of carboxylic acid groups (broad SMARTS) is 2. The number of benzene rings is 1. The van der Waals surface area contributed by atoms with Gasteiger partial charge in [0.2, 0.25) is 6.10 Å². The highest BCUT2D eigenvalue weighted by atomic mass is 16.5. The number of para-hydroxylation sites is 1. The number of carbonyl (C=O) groups is 2. The van der Waals surface area contributed by atoms with Crippen molar-refractivity contribution in [1.29, 1.82) is 0 Å². The summed E-state index contributed by atoms with van der Waals surface area (Å²) in [5, 5.41) is 20.8. The fourth-order valence-electron chi connectivity index (χ4n) is 1.76. The highest BCUT2D eigenvalue weighted by Gasteiger charge is 2.34. The Balaban J connectivity index is 2.46. The van der Waals surface area contributed by atoms with Gasteiger partial charge in [0, 0.05) is 0 Å². The van der Waals surface area contributed by atoms with Gasteiger partial charge in [-0.2, -0.15) is 0 Å². The molecule has 3 N–H and O–H groups in total. The molecule has 0 saturated heterocycles. The van der Waals surface area contributed by atoms with Gasteiger partial charge in [-0.3, -0.25) is 0 Å². The van der Waals surface area contributed by atoms with E-state index in [1.165, 1.54) is 6.07 Å². The van der Waals surface area contributed by atoms with Crippen molar-refractivity contribution in [3.63, 3.8) is 0 Å². The van der Waals surface area contributed by atoms with Gasteiger partial charge in [0.15, 0.2) is 5.75 Å². The summed E-state index contributed by atoms with van der Waals surface area (Å²) in [6, 6.07) is 4.17. The van der Waals surface area contributed by atoms with E-state index in [2.05, 4.69) is 5.32 Å². The van der Waals surface area contributed by atoms with Crippen LogP contribution < -0.4 is 10.1 Å². The Morgan fingerprint density at radius 1 is 1.35 bits per heavy atom. The molecule has 6 nitrogen and oxygen atoms in total. The maximum atomic E-state index is 11.0. The van der Waals surface area contributed by atoms with Gasteiger partial charge in [0.05, 0.1) is 11.7 Å². The molecule has 1 aromatic rings. The molecule has 0 saturated carbocycles. The average molecular weight is 237 g/mol. The first-order valence-electron chi connectivity index (χ1n) is 5.03. The SMILES string of the molecule is CC1Nc2cccc(C(=O)O)c2OC1C(=O)O. The number of anilines is 1. The third-order valence-corrected chi connectivity index (χ3v) is 2.57. The second kappa shape index (κ2) is 3.97. The van der Waals surface area contributed by atoms with Crippen molar-refractivity contribution >= 4 is 17.6 Å². The van der Waals surface area contributed by atoms with E-state index in [4.69, 9.17) is 14.9 Å². The predicted molar refractivity (Wildman–Crippen MR) is 58.5 cm³/mol. The Bertz CT molecular complexity index is 485. The number of fused-ring (bicyclic) bond motifs is 1. The molecule has 0 aromatic heterocycles. The maximum Gasteiger partial charge on any atom is 0.347 e. The highest BCUT2D eigenvalue weighted by molar-refractivity contribution is 5.94. The number of carboxylic acids is 2. The Kier molecular flexibility index (Phi) is 2.63. The van der Waals surface area contributed by atoms with Crippen LogP contribution in [0.1, 0.15) is 17.3 Å². The number of aliphatic carboxylic acids is 1. The number of aromatic carboxylic acids is 1. The molecule has 6 heteroatoms. The van der Waals surface area contributed by atoms with Crippen LogP contribution in [0.25, 0.3) is 0 Å². The predicted octanol–water partition coefficient (Wildman–Crippen LogP) is 1.03. The second-order valence-corrected chi connectivity index (χ2v) is 3.80. The molecule has 17 heavy (non-hydrogen) atoms. The third-order valence-electron chi connectivity index (χ3n) is 2.57. The van der Waals surface area contributed by atoms with E-state index in [1.54, 1.807) is 19.1 Å². The molecule has 90 valence electrons. The molecule has 0 radical (unpaired) electrons. The standard InChI is InChI=1S/C11H11NO5/c1-5-8(11(15)16)17-9-6(10(13)14)3-2-4-7(9)12-5/h2-5,8,12H,1H3,(H,13,14)(H,15,16). The van der Waals surface area contributed by atoms with E-state index >= 15 is 0 Å². The summed E-state index contributed by atoms with van der Waals surface area (Å²) in [7, 11) is 0. The maximum absolute atomic E-state index is 11.0. The highest BCUT2D eigenvalue weighted by Crippen LogP contribution is 2.34. The molecular weight excluding hydrogens is 226 g/mol. The van der Waals surface area contributed by atoms with E-state index in [-0.39, 0.29) is 11.3 Å². The van der Waals surface area contributed by atoms with Gasteiger partial charge < -0.3 is 20.3 Å². The first-order chi connectivity index (χ1) is 8.00. The Labute approximate surface area is 96.8 Å². The molecule has 0 fully saturated rings. The Hall–Kier alpha value is -2.24. The first-order valence-corrected chi connectivity index (χ1v) is 5.03. The number of nitrogens with one attached hydrogen (secondary N) is 1. The minimum Gasteiger partial charge on any atom is -0.478 e. The molecule has 1 aliphatic rings. The lowest BCUT2D eigenvalue weighted by molar-refractivity contribution is -0.145. The molecule has 0 bridgehead atoms. The Morgan fingerprint density at radius 2 is 2.06 bits per heavy atom. The summed E-state index contributed by atoms with van der Waals surface area (Å²) in [6.45, 7) is 1.66. The van der Waals surface area contributed by atoms with Gasteiger partial charge in [0.1, 0.15) is 5.56 Å². The van der Waals surface area contributed by atoms with Crippen molar-refractivity contribution in [3.8, 4) is 5.75 Å². The summed E-state index contributed by atoms with van der Waals surface area (Å²) in [5.74, 6) is -2.20. The molecule has 0 spiro atoms. The minimum atomic E-state index is -1.15. The monoisotopic (exact) mass is 237 g/mol. The van der Waals surface area contributed by atoms with Gasteiger partial charge >= 0.3 is 11.9 Å². The largest absolute Gasteiger partial charge is 0.478 e. The van der Waals surface area contributed by atoms with Gasteiger partial charge in [-0.05, 0) is 19.1 Å². The summed E-state index contributed by atoms with van der Waals surface area (Å²) in [5.41, 5.74) is 0.447. The van der Waals surface area contributed by atoms with Crippen LogP contribution in [0.3, 0.4) is 0 Å². The summed E-state index contributed by atoms with van der Waals surface area (Å²) < 4.78 is 5.26. The zero-order valence-electron chi connectivity index (χ0n) is 9.01. The van der Waals surface area contributed by atoms with Gasteiger partial charge in [-0.1, -0.05) is 6.07 Å². The van der Waals surface area contributed by atoms with Crippen molar-refractivity contribution in [3.05, 3.63) is 23.8 Å². The topological polar surface area (TPSA) is 95.9 Å². The van der Waals surface area contributed by atoms with E-state index in [1.807, 2.05) is 0 Å². The minimum absolute atomic E-state index is 0.0480. The van der Waals surface area contributed by atoms with Crippen molar-refractivity contribution in [2.45, 2.75) is 19.1 Å². The number of hydrogen-bond donors (Lipinski definition) is 3. The average Bonchev–Trinajstić information content (AvgIpc) is 2.26. The van der Waals surface area contributed by atoms with Crippen LogP contribution in [0.15, 0.2) is 18.2 Å². The normalized spacial score (nSPS) is 21.9. The van der Waals surface area contributed by atoms with Gasteiger partial charge in [-0.25, -0.2) is 9.59 Å². The lowest BCUT2D eigenvalue weighted by atomic mass is 10.1. The molecule has 1 aliphatic heterocycles. The zero-order valence-corrected chi connectivity index (χ0v) is 9.01. The van der Waals surface area contributed by atoms with Crippen LogP contribution in [0.5, 0.6) is 5.75 Å². The van der Waals surface area contributed by atoms with Crippen LogP contribution in [0.4, 0.5) is 5.69 Å². The van der Waals surface area contributed by atoms with E-state index in [0.29, 0.717) is 5.69 Å². The van der Waals surface area contributed by atoms with Crippen LogP contribution in [0, 0.1) is 0 Å². The van der Waals surface area contributed by atoms with Gasteiger partial charge in [-0.15, -0.1) is 0 Å². The lowest BCUT2D eigenvalue weighted by Crippen LogP contribution is -2.45. The first kappa shape index (κ1) is 11.3. The number of hydrogen-bond acceptors (Lipinski definition) is 4. The fourth-order valence-corrected chi connectivity index (χ4v) is 1.76. The quantitative estimate of drug-likeness (QED) is 0.711. The second-order valence-electron chi connectivity index (χ2n) is 3.80. The summed E-state index contributed by atoms with van der Waals surface area (Å²) in [6.07, 6.45) is -1.09. The molecule has 2 atom stereocenters. The molecule has 1 heterocycles. The molecule has 1 aromatic carbocycles. The van der Waals surface area contributed by atoms with Crippen LogP contribution in [-0.2, 0) is 4.79 Å². The molecule has 0 amide bonds.